The zero-order valence-corrected chi connectivity index (χ0v) is 12.7. The van der Waals surface area contributed by atoms with E-state index in [4.69, 9.17) is 5.73 Å². The van der Waals surface area contributed by atoms with Gasteiger partial charge in [0.05, 0.1) is 4.92 Å². The fourth-order valence-corrected chi connectivity index (χ4v) is 2.07. The Kier molecular flexibility index (Phi) is 6.65. The molecule has 1 aromatic carbocycles. The summed E-state index contributed by atoms with van der Waals surface area (Å²) in [6.07, 6.45) is 3.70. The van der Waals surface area contributed by atoms with Gasteiger partial charge in [-0.3, -0.25) is 14.9 Å². The van der Waals surface area contributed by atoms with Gasteiger partial charge in [0, 0.05) is 24.8 Å². The third-order valence-electron chi connectivity index (χ3n) is 3.30. The number of nitro benzene ring substituents is 1. The molecule has 0 fully saturated rings. The molecule has 0 aliphatic heterocycles. The van der Waals surface area contributed by atoms with Crippen LogP contribution in [0.3, 0.4) is 0 Å². The van der Waals surface area contributed by atoms with Crippen molar-refractivity contribution in [1.29, 1.82) is 0 Å². The Balaban J connectivity index is 3.06. The Morgan fingerprint density at radius 3 is 2.29 bits per heavy atom. The summed E-state index contributed by atoms with van der Waals surface area (Å²) in [7, 11) is 0. The van der Waals surface area contributed by atoms with Crippen molar-refractivity contribution in [3.63, 3.8) is 0 Å². The maximum atomic E-state index is 12.6. The van der Waals surface area contributed by atoms with Crippen LogP contribution in [0.2, 0.25) is 0 Å². The van der Waals surface area contributed by atoms with Gasteiger partial charge in [0.2, 0.25) is 0 Å². The molecule has 2 N–H and O–H groups in total. The SMILES string of the molecule is CCCCN(CCCC)C(=O)c1cc(N)ccc1[N+](=O)[O-]. The molecule has 0 bridgehead atoms. The van der Waals surface area contributed by atoms with E-state index in [0.29, 0.717) is 18.8 Å². The van der Waals surface area contributed by atoms with Crippen LogP contribution in [0, 0.1) is 10.1 Å². The highest BCUT2D eigenvalue weighted by atomic mass is 16.6. The lowest BCUT2D eigenvalue weighted by Gasteiger charge is -2.22. The van der Waals surface area contributed by atoms with Gasteiger partial charge in [0.1, 0.15) is 5.56 Å². The maximum Gasteiger partial charge on any atom is 0.282 e. The summed E-state index contributed by atoms with van der Waals surface area (Å²) < 4.78 is 0. The van der Waals surface area contributed by atoms with E-state index in [0.717, 1.165) is 25.7 Å². The zero-order valence-electron chi connectivity index (χ0n) is 12.7. The van der Waals surface area contributed by atoms with E-state index in [9.17, 15) is 14.9 Å². The van der Waals surface area contributed by atoms with Gasteiger partial charge in [0.15, 0.2) is 0 Å². The number of benzene rings is 1. The second kappa shape index (κ2) is 8.24. The molecule has 6 nitrogen and oxygen atoms in total. The number of nitrogens with two attached hydrogens (primary N) is 1. The number of carbonyl (C=O) groups is 1. The summed E-state index contributed by atoms with van der Waals surface area (Å²) >= 11 is 0. The molecule has 0 unspecified atom stereocenters. The number of hydrogen-bond acceptors (Lipinski definition) is 4. The summed E-state index contributed by atoms with van der Waals surface area (Å²) in [4.78, 5) is 24.8. The molecule has 1 amide bonds. The highest BCUT2D eigenvalue weighted by Crippen LogP contribution is 2.23. The number of amides is 1. The maximum absolute atomic E-state index is 12.6. The second-order valence-corrected chi connectivity index (χ2v) is 5.03. The minimum Gasteiger partial charge on any atom is -0.399 e. The Labute approximate surface area is 125 Å². The van der Waals surface area contributed by atoms with Crippen molar-refractivity contribution in [1.82, 2.24) is 4.90 Å². The number of carbonyl (C=O) groups excluding carboxylic acids is 1. The molecule has 1 aromatic rings. The van der Waals surface area contributed by atoms with E-state index in [2.05, 4.69) is 0 Å². The van der Waals surface area contributed by atoms with Gasteiger partial charge in [-0.1, -0.05) is 26.7 Å². The molecule has 0 radical (unpaired) electrons. The molecule has 116 valence electrons. The summed E-state index contributed by atoms with van der Waals surface area (Å²) in [5.74, 6) is -0.309. The lowest BCUT2D eigenvalue weighted by molar-refractivity contribution is -0.385. The van der Waals surface area contributed by atoms with Crippen molar-refractivity contribution in [3.05, 3.63) is 33.9 Å². The molecule has 0 aliphatic carbocycles. The van der Waals surface area contributed by atoms with Crippen LogP contribution in [0.25, 0.3) is 0 Å². The van der Waals surface area contributed by atoms with Crippen LogP contribution in [0.1, 0.15) is 49.9 Å². The number of rotatable bonds is 8. The third kappa shape index (κ3) is 4.73. The van der Waals surface area contributed by atoms with E-state index in [1.165, 1.54) is 18.2 Å². The van der Waals surface area contributed by atoms with Crippen molar-refractivity contribution in [2.75, 3.05) is 18.8 Å². The van der Waals surface area contributed by atoms with Crippen LogP contribution in [0.15, 0.2) is 18.2 Å². The van der Waals surface area contributed by atoms with Crippen LogP contribution >= 0.6 is 0 Å². The standard InChI is InChI=1S/C15H23N3O3/c1-3-5-9-17(10-6-4-2)15(19)13-11-12(16)7-8-14(13)18(20)21/h7-8,11H,3-6,9-10,16H2,1-2H3. The molecule has 0 atom stereocenters. The van der Waals surface area contributed by atoms with E-state index < -0.39 is 4.92 Å². The van der Waals surface area contributed by atoms with Gasteiger partial charge in [-0.05, 0) is 25.0 Å². The predicted octanol–water partition coefficient (Wildman–Crippen LogP) is 3.22. The average Bonchev–Trinajstić information content (AvgIpc) is 2.46. The first kappa shape index (κ1) is 16.9. The lowest BCUT2D eigenvalue weighted by atomic mass is 10.1. The van der Waals surface area contributed by atoms with Crippen LogP contribution in [-0.4, -0.2) is 28.8 Å². The highest BCUT2D eigenvalue weighted by Gasteiger charge is 2.24. The second-order valence-electron chi connectivity index (χ2n) is 5.03. The molecule has 1 rings (SSSR count). The largest absolute Gasteiger partial charge is 0.399 e. The van der Waals surface area contributed by atoms with E-state index in [1.807, 2.05) is 13.8 Å². The van der Waals surface area contributed by atoms with Crippen molar-refractivity contribution in [2.45, 2.75) is 39.5 Å². The fourth-order valence-electron chi connectivity index (χ4n) is 2.07. The summed E-state index contributed by atoms with van der Waals surface area (Å²) in [5.41, 5.74) is 5.92. The van der Waals surface area contributed by atoms with E-state index >= 15 is 0 Å². The predicted molar refractivity (Wildman–Crippen MR) is 83.2 cm³/mol. The quantitative estimate of drug-likeness (QED) is 0.452. The molecule has 0 saturated carbocycles. The number of anilines is 1. The summed E-state index contributed by atoms with van der Waals surface area (Å²) in [6, 6.07) is 4.13. The first-order valence-electron chi connectivity index (χ1n) is 7.34. The van der Waals surface area contributed by atoms with Gasteiger partial charge >= 0.3 is 0 Å². The van der Waals surface area contributed by atoms with E-state index in [-0.39, 0.29) is 17.2 Å². The Bertz CT molecular complexity index is 495. The Morgan fingerprint density at radius 2 is 1.81 bits per heavy atom. The molecule has 0 aromatic heterocycles. The molecular weight excluding hydrogens is 270 g/mol. The Morgan fingerprint density at radius 1 is 1.24 bits per heavy atom. The number of hydrogen-bond donors (Lipinski definition) is 1. The smallest absolute Gasteiger partial charge is 0.282 e. The lowest BCUT2D eigenvalue weighted by Crippen LogP contribution is -2.33. The van der Waals surface area contributed by atoms with Crippen molar-refractivity contribution >= 4 is 17.3 Å². The zero-order chi connectivity index (χ0) is 15.8. The van der Waals surface area contributed by atoms with Crippen LogP contribution in [-0.2, 0) is 0 Å². The first-order chi connectivity index (χ1) is 10.0. The topological polar surface area (TPSA) is 89.5 Å². The summed E-state index contributed by atoms with van der Waals surface area (Å²) in [5, 5.41) is 11.1. The van der Waals surface area contributed by atoms with Crippen LogP contribution in [0.5, 0.6) is 0 Å². The summed E-state index contributed by atoms with van der Waals surface area (Å²) in [6.45, 7) is 5.32. The molecule has 6 heteroatoms. The average molecular weight is 293 g/mol. The molecular formula is C15H23N3O3. The van der Waals surface area contributed by atoms with Crippen LogP contribution in [0.4, 0.5) is 11.4 Å². The molecule has 21 heavy (non-hydrogen) atoms. The highest BCUT2D eigenvalue weighted by molar-refractivity contribution is 5.99. The van der Waals surface area contributed by atoms with Gasteiger partial charge in [0.25, 0.3) is 11.6 Å². The van der Waals surface area contributed by atoms with Crippen molar-refractivity contribution < 1.29 is 9.72 Å². The molecule has 0 aliphatic rings. The molecule has 0 saturated heterocycles. The Hall–Kier alpha value is -2.11. The van der Waals surface area contributed by atoms with Crippen molar-refractivity contribution in [2.24, 2.45) is 0 Å². The van der Waals surface area contributed by atoms with Gasteiger partial charge in [-0.25, -0.2) is 0 Å². The van der Waals surface area contributed by atoms with Gasteiger partial charge in [-0.2, -0.15) is 0 Å². The van der Waals surface area contributed by atoms with E-state index in [1.54, 1.807) is 4.90 Å². The monoisotopic (exact) mass is 293 g/mol. The molecule has 0 heterocycles. The van der Waals surface area contributed by atoms with Gasteiger partial charge in [-0.15, -0.1) is 0 Å². The minimum absolute atomic E-state index is 0.0761. The third-order valence-corrected chi connectivity index (χ3v) is 3.30. The number of nitrogens with zero attached hydrogens (tertiary/aromatic N) is 2. The minimum atomic E-state index is -0.537. The number of nitrogen functional groups attached to an aromatic ring is 1. The first-order valence-corrected chi connectivity index (χ1v) is 7.34. The number of unbranched alkanes of at least 4 members (excludes halogenated alkanes) is 2. The normalized spacial score (nSPS) is 10.4. The van der Waals surface area contributed by atoms with Crippen LogP contribution < -0.4 is 5.73 Å². The molecule has 0 spiro atoms. The number of nitro groups is 1. The fraction of sp³-hybridized carbons (Fsp3) is 0.533. The van der Waals surface area contributed by atoms with Gasteiger partial charge < -0.3 is 10.6 Å². The van der Waals surface area contributed by atoms with Crippen molar-refractivity contribution in [3.8, 4) is 0 Å².